The lowest BCUT2D eigenvalue weighted by Crippen LogP contribution is -2.54. The van der Waals surface area contributed by atoms with Crippen LogP contribution < -0.4 is 5.32 Å². The van der Waals surface area contributed by atoms with E-state index in [1.54, 1.807) is 0 Å². The maximum Gasteiger partial charge on any atom is 0.133 e. The Labute approximate surface area is 198 Å². The number of rotatable bonds is 9. The van der Waals surface area contributed by atoms with E-state index in [0.29, 0.717) is 25.2 Å². The van der Waals surface area contributed by atoms with Gasteiger partial charge in [0.2, 0.25) is 0 Å². The molecule has 0 spiro atoms. The standard InChI is InChI=1S/C27H31F3N4/c1-2-3-12-34-13-9-21-20-7-4-5-8-24(20)32-26(21)27(34)25-22(29)14-18(15-23(25)30)31-19-16-33(17-19)11-6-10-28/h2,4-5,7-8,14-15,19,27,31-32H,1,3,6,9-13,16-17H2/t27-/m1/s1. The molecular weight excluding hydrogens is 437 g/mol. The minimum atomic E-state index is -0.545. The van der Waals surface area contributed by atoms with Crippen molar-refractivity contribution in [2.24, 2.45) is 0 Å². The van der Waals surface area contributed by atoms with Gasteiger partial charge in [-0.3, -0.25) is 14.2 Å². The predicted octanol–water partition coefficient (Wildman–Crippen LogP) is 5.43. The van der Waals surface area contributed by atoms with E-state index in [1.165, 1.54) is 12.1 Å². The van der Waals surface area contributed by atoms with Crippen LogP contribution in [0.25, 0.3) is 10.9 Å². The lowest BCUT2D eigenvalue weighted by atomic mass is 9.91. The van der Waals surface area contributed by atoms with Crippen LogP contribution in [0, 0.1) is 11.6 Å². The summed E-state index contributed by atoms with van der Waals surface area (Å²) < 4.78 is 43.5. The number of halogens is 3. The van der Waals surface area contributed by atoms with Gasteiger partial charge >= 0.3 is 0 Å². The molecule has 3 aromatic rings. The van der Waals surface area contributed by atoms with Gasteiger partial charge in [0.05, 0.1) is 18.8 Å². The SMILES string of the molecule is C=CCCN1CCc2c([nH]c3ccccc23)[C@H]1c1c(F)cc(NC2CN(CCCF)C2)cc1F. The van der Waals surface area contributed by atoms with Crippen molar-refractivity contribution in [3.63, 3.8) is 0 Å². The highest BCUT2D eigenvalue weighted by Gasteiger charge is 2.35. The number of likely N-dealkylation sites (tertiary alicyclic amines) is 1. The molecule has 1 aromatic heterocycles. The van der Waals surface area contributed by atoms with Gasteiger partial charge in [0, 0.05) is 60.6 Å². The molecule has 0 amide bonds. The largest absolute Gasteiger partial charge is 0.380 e. The highest BCUT2D eigenvalue weighted by atomic mass is 19.1. The summed E-state index contributed by atoms with van der Waals surface area (Å²) in [6.45, 7) is 7.12. The summed E-state index contributed by atoms with van der Waals surface area (Å²) in [5, 5.41) is 4.35. The van der Waals surface area contributed by atoms with Gasteiger partial charge in [0.15, 0.2) is 0 Å². The molecule has 0 saturated carbocycles. The van der Waals surface area contributed by atoms with Crippen LogP contribution in [0.1, 0.15) is 35.7 Å². The second-order valence-electron chi connectivity index (χ2n) is 9.33. The fourth-order valence-electron chi connectivity index (χ4n) is 5.41. The number of nitrogens with one attached hydrogen (secondary N) is 2. The number of para-hydroxylation sites is 1. The summed E-state index contributed by atoms with van der Waals surface area (Å²) in [5.74, 6) is -1.09. The van der Waals surface area contributed by atoms with Crippen LogP contribution in [0.4, 0.5) is 18.9 Å². The van der Waals surface area contributed by atoms with E-state index >= 15 is 8.78 Å². The Morgan fingerprint density at radius 3 is 2.62 bits per heavy atom. The van der Waals surface area contributed by atoms with E-state index in [9.17, 15) is 4.39 Å². The summed E-state index contributed by atoms with van der Waals surface area (Å²) in [5.41, 5.74) is 3.53. The van der Waals surface area contributed by atoms with Gasteiger partial charge in [-0.05, 0) is 43.0 Å². The van der Waals surface area contributed by atoms with Crippen molar-refractivity contribution >= 4 is 16.6 Å². The van der Waals surface area contributed by atoms with Gasteiger partial charge in [-0.25, -0.2) is 8.78 Å². The second kappa shape index (κ2) is 9.84. The highest BCUT2D eigenvalue weighted by Crippen LogP contribution is 2.41. The Kier molecular flexibility index (Phi) is 6.66. The molecule has 2 N–H and O–H groups in total. The number of hydrogen-bond acceptors (Lipinski definition) is 3. The van der Waals surface area contributed by atoms with E-state index < -0.39 is 17.7 Å². The summed E-state index contributed by atoms with van der Waals surface area (Å²) in [4.78, 5) is 7.74. The maximum absolute atomic E-state index is 15.6. The second-order valence-corrected chi connectivity index (χ2v) is 9.33. The maximum atomic E-state index is 15.6. The molecule has 4 nitrogen and oxygen atoms in total. The van der Waals surface area contributed by atoms with Crippen LogP contribution in [-0.2, 0) is 6.42 Å². The number of alkyl halides is 1. The average Bonchev–Trinajstić information content (AvgIpc) is 3.18. The minimum absolute atomic E-state index is 0.0836. The molecule has 3 heterocycles. The Bertz CT molecular complexity index is 1140. The molecule has 7 heteroatoms. The predicted molar refractivity (Wildman–Crippen MR) is 131 cm³/mol. The zero-order valence-electron chi connectivity index (χ0n) is 19.3. The number of aromatic amines is 1. The van der Waals surface area contributed by atoms with Gasteiger partial charge in [-0.2, -0.15) is 0 Å². The molecule has 2 aromatic carbocycles. The van der Waals surface area contributed by atoms with Gasteiger partial charge in [-0.15, -0.1) is 6.58 Å². The number of aromatic nitrogens is 1. The Hall–Kier alpha value is -2.77. The van der Waals surface area contributed by atoms with E-state index in [2.05, 4.69) is 32.7 Å². The lowest BCUT2D eigenvalue weighted by Gasteiger charge is -2.40. The van der Waals surface area contributed by atoms with E-state index in [1.807, 2.05) is 24.3 Å². The summed E-state index contributed by atoms with van der Waals surface area (Å²) in [7, 11) is 0. The molecule has 0 bridgehead atoms. The number of hydrogen-bond donors (Lipinski definition) is 2. The summed E-state index contributed by atoms with van der Waals surface area (Å²) in [6.07, 6.45) is 3.93. The third kappa shape index (κ3) is 4.34. The van der Waals surface area contributed by atoms with Gasteiger partial charge in [0.1, 0.15) is 11.6 Å². The molecule has 1 atom stereocenters. The molecule has 2 aliphatic heterocycles. The van der Waals surface area contributed by atoms with Crippen molar-refractivity contribution in [3.8, 4) is 0 Å². The Balaban J connectivity index is 1.44. The third-order valence-corrected chi connectivity index (χ3v) is 7.04. The van der Waals surface area contributed by atoms with Gasteiger partial charge < -0.3 is 10.3 Å². The number of anilines is 1. The minimum Gasteiger partial charge on any atom is -0.380 e. The van der Waals surface area contributed by atoms with Crippen molar-refractivity contribution in [1.29, 1.82) is 0 Å². The summed E-state index contributed by atoms with van der Waals surface area (Å²) in [6, 6.07) is 10.4. The van der Waals surface area contributed by atoms with Gasteiger partial charge in [0.25, 0.3) is 0 Å². The number of H-pyrrole nitrogens is 1. The normalized spacial score (nSPS) is 19.2. The monoisotopic (exact) mass is 468 g/mol. The van der Waals surface area contributed by atoms with E-state index in [0.717, 1.165) is 54.6 Å². The molecule has 34 heavy (non-hydrogen) atoms. The molecule has 1 fully saturated rings. The topological polar surface area (TPSA) is 34.3 Å². The van der Waals surface area contributed by atoms with Crippen LogP contribution in [0.15, 0.2) is 49.1 Å². The van der Waals surface area contributed by atoms with Crippen molar-refractivity contribution < 1.29 is 13.2 Å². The van der Waals surface area contributed by atoms with Gasteiger partial charge in [-0.1, -0.05) is 24.3 Å². The Morgan fingerprint density at radius 1 is 1.12 bits per heavy atom. The Morgan fingerprint density at radius 2 is 1.88 bits per heavy atom. The average molecular weight is 469 g/mol. The molecule has 0 unspecified atom stereocenters. The molecule has 1 saturated heterocycles. The van der Waals surface area contributed by atoms with Crippen LogP contribution in [0.3, 0.4) is 0 Å². The molecule has 0 aliphatic carbocycles. The fourth-order valence-corrected chi connectivity index (χ4v) is 5.41. The zero-order chi connectivity index (χ0) is 23.7. The fraction of sp³-hybridized carbons (Fsp3) is 0.407. The van der Waals surface area contributed by atoms with E-state index in [4.69, 9.17) is 0 Å². The van der Waals surface area contributed by atoms with E-state index in [-0.39, 0.29) is 18.3 Å². The molecule has 180 valence electrons. The molecule has 2 aliphatic rings. The molecular formula is C27H31F3N4. The molecule has 5 rings (SSSR count). The van der Waals surface area contributed by atoms with Crippen molar-refractivity contribution in [1.82, 2.24) is 14.8 Å². The van der Waals surface area contributed by atoms with Crippen LogP contribution in [0.5, 0.6) is 0 Å². The van der Waals surface area contributed by atoms with Crippen molar-refractivity contribution in [2.75, 3.05) is 44.7 Å². The summed E-state index contributed by atoms with van der Waals surface area (Å²) >= 11 is 0. The number of fused-ring (bicyclic) bond motifs is 3. The van der Waals surface area contributed by atoms with Crippen molar-refractivity contribution in [2.45, 2.75) is 31.3 Å². The molecule has 0 radical (unpaired) electrons. The van der Waals surface area contributed by atoms with Crippen LogP contribution >= 0.6 is 0 Å². The lowest BCUT2D eigenvalue weighted by molar-refractivity contribution is 0.155. The quantitative estimate of drug-likeness (QED) is 0.411. The number of benzene rings is 2. The van der Waals surface area contributed by atoms with Crippen LogP contribution in [0.2, 0.25) is 0 Å². The first kappa shape index (κ1) is 23.0. The van der Waals surface area contributed by atoms with Crippen molar-refractivity contribution in [3.05, 3.63) is 77.5 Å². The third-order valence-electron chi connectivity index (χ3n) is 7.04. The zero-order valence-corrected chi connectivity index (χ0v) is 19.3. The first-order valence-electron chi connectivity index (χ1n) is 12.1. The smallest absolute Gasteiger partial charge is 0.133 e. The number of nitrogens with zero attached hydrogens (tertiary/aromatic N) is 2. The van der Waals surface area contributed by atoms with Crippen LogP contribution in [-0.4, -0.2) is 60.2 Å². The first-order valence-corrected chi connectivity index (χ1v) is 12.1. The highest BCUT2D eigenvalue weighted by molar-refractivity contribution is 5.85. The first-order chi connectivity index (χ1) is 16.6.